The van der Waals surface area contributed by atoms with Crippen molar-refractivity contribution in [1.29, 1.82) is 0 Å². The number of aliphatic hydroxyl groups is 1. The van der Waals surface area contributed by atoms with Crippen LogP contribution in [0.4, 0.5) is 0 Å². The number of nitrogens with one attached hydrogen (secondary N) is 1. The molecule has 2 aromatic rings. The second-order valence-corrected chi connectivity index (χ2v) is 5.12. The van der Waals surface area contributed by atoms with Crippen molar-refractivity contribution in [3.63, 3.8) is 0 Å². The van der Waals surface area contributed by atoms with Crippen molar-refractivity contribution >= 4 is 5.91 Å². The van der Waals surface area contributed by atoms with Gasteiger partial charge >= 0.3 is 0 Å². The second-order valence-electron chi connectivity index (χ2n) is 5.12. The predicted molar refractivity (Wildman–Crippen MR) is 85.7 cm³/mol. The van der Waals surface area contributed by atoms with Crippen molar-refractivity contribution in [2.24, 2.45) is 0 Å². The molecule has 0 fully saturated rings. The summed E-state index contributed by atoms with van der Waals surface area (Å²) >= 11 is 0. The zero-order valence-electron chi connectivity index (χ0n) is 12.7. The predicted octanol–water partition coefficient (Wildman–Crippen LogP) is 2.61. The lowest BCUT2D eigenvalue weighted by molar-refractivity contribution is -0.123. The van der Waals surface area contributed by atoms with E-state index < -0.39 is 6.10 Å². The molecule has 1 amide bonds. The van der Waals surface area contributed by atoms with Gasteiger partial charge in [-0.2, -0.15) is 0 Å². The fraction of sp³-hybridized carbons (Fsp3) is 0.278. The molecule has 0 saturated carbocycles. The Hall–Kier alpha value is -2.33. The van der Waals surface area contributed by atoms with E-state index in [1.54, 1.807) is 0 Å². The average molecular weight is 299 g/mol. The number of carbonyl (C=O) groups excluding carboxylic acids is 1. The number of aliphatic hydroxyl groups excluding tert-OH is 1. The van der Waals surface area contributed by atoms with Crippen LogP contribution in [0.15, 0.2) is 54.6 Å². The van der Waals surface area contributed by atoms with E-state index in [9.17, 15) is 9.90 Å². The quantitative estimate of drug-likeness (QED) is 0.826. The van der Waals surface area contributed by atoms with Gasteiger partial charge in [-0.25, -0.2) is 0 Å². The SMILES string of the molecule is Cc1ccccc1OCC(=O)NCC[C@@H](O)c1ccccc1. The molecule has 2 aromatic carbocycles. The molecule has 2 rings (SSSR count). The molecular formula is C18H21NO3. The third-order valence-electron chi connectivity index (χ3n) is 3.38. The monoisotopic (exact) mass is 299 g/mol. The van der Waals surface area contributed by atoms with Gasteiger partial charge in [0.05, 0.1) is 6.10 Å². The van der Waals surface area contributed by atoms with Crippen molar-refractivity contribution in [2.45, 2.75) is 19.4 Å². The lowest BCUT2D eigenvalue weighted by Gasteiger charge is -2.12. The molecule has 2 N–H and O–H groups in total. The Kier molecular flexibility index (Phi) is 5.98. The Morgan fingerprint density at radius 3 is 2.55 bits per heavy atom. The van der Waals surface area contributed by atoms with Gasteiger partial charge in [-0.3, -0.25) is 4.79 Å². The summed E-state index contributed by atoms with van der Waals surface area (Å²) in [5.74, 6) is 0.519. The van der Waals surface area contributed by atoms with Gasteiger partial charge in [-0.15, -0.1) is 0 Å². The largest absolute Gasteiger partial charge is 0.484 e. The lowest BCUT2D eigenvalue weighted by atomic mass is 10.1. The maximum absolute atomic E-state index is 11.7. The van der Waals surface area contributed by atoms with E-state index in [2.05, 4.69) is 5.32 Å². The van der Waals surface area contributed by atoms with Crippen LogP contribution in [-0.2, 0) is 4.79 Å². The molecule has 0 spiro atoms. The Morgan fingerprint density at radius 1 is 1.14 bits per heavy atom. The molecule has 22 heavy (non-hydrogen) atoms. The van der Waals surface area contributed by atoms with E-state index in [4.69, 9.17) is 4.74 Å². The third kappa shape index (κ3) is 4.90. The highest BCUT2D eigenvalue weighted by atomic mass is 16.5. The van der Waals surface area contributed by atoms with E-state index >= 15 is 0 Å². The van der Waals surface area contributed by atoms with Gasteiger partial charge in [0, 0.05) is 6.54 Å². The fourth-order valence-corrected chi connectivity index (χ4v) is 2.10. The first-order valence-corrected chi connectivity index (χ1v) is 7.35. The highest BCUT2D eigenvalue weighted by Crippen LogP contribution is 2.16. The molecule has 0 saturated heterocycles. The first-order valence-electron chi connectivity index (χ1n) is 7.35. The molecule has 0 unspecified atom stereocenters. The maximum Gasteiger partial charge on any atom is 0.257 e. The number of amides is 1. The minimum atomic E-state index is -0.571. The number of hydrogen-bond acceptors (Lipinski definition) is 3. The molecule has 4 nitrogen and oxygen atoms in total. The molecule has 4 heteroatoms. The summed E-state index contributed by atoms with van der Waals surface area (Å²) in [6, 6.07) is 17.0. The fourth-order valence-electron chi connectivity index (χ4n) is 2.10. The number of aryl methyl sites for hydroxylation is 1. The number of hydrogen-bond donors (Lipinski definition) is 2. The zero-order chi connectivity index (χ0) is 15.8. The van der Waals surface area contributed by atoms with Gasteiger partial charge in [0.1, 0.15) is 5.75 Å². The van der Waals surface area contributed by atoms with Crippen LogP contribution in [0.25, 0.3) is 0 Å². The maximum atomic E-state index is 11.7. The van der Waals surface area contributed by atoms with Crippen molar-refractivity contribution in [3.8, 4) is 5.75 Å². The van der Waals surface area contributed by atoms with Crippen LogP contribution < -0.4 is 10.1 Å². The highest BCUT2D eigenvalue weighted by Gasteiger charge is 2.08. The summed E-state index contributed by atoms with van der Waals surface area (Å²) in [5, 5.41) is 12.7. The zero-order valence-corrected chi connectivity index (χ0v) is 12.7. The second kappa shape index (κ2) is 8.20. The summed E-state index contributed by atoms with van der Waals surface area (Å²) in [6.07, 6.45) is -0.0982. The van der Waals surface area contributed by atoms with Crippen molar-refractivity contribution < 1.29 is 14.6 Å². The van der Waals surface area contributed by atoms with Gasteiger partial charge in [-0.05, 0) is 30.5 Å². The number of benzene rings is 2. The smallest absolute Gasteiger partial charge is 0.257 e. The minimum Gasteiger partial charge on any atom is -0.484 e. The van der Waals surface area contributed by atoms with Crippen LogP contribution in [-0.4, -0.2) is 24.2 Å². The summed E-state index contributed by atoms with van der Waals surface area (Å²) in [4.78, 5) is 11.7. The summed E-state index contributed by atoms with van der Waals surface area (Å²) in [6.45, 7) is 2.32. The number of rotatable bonds is 7. The lowest BCUT2D eigenvalue weighted by Crippen LogP contribution is -2.30. The molecule has 0 aliphatic rings. The number of ether oxygens (including phenoxy) is 1. The van der Waals surface area contributed by atoms with Gasteiger partial charge < -0.3 is 15.2 Å². The van der Waals surface area contributed by atoms with E-state index in [1.807, 2.05) is 61.5 Å². The van der Waals surface area contributed by atoms with Crippen molar-refractivity contribution in [3.05, 3.63) is 65.7 Å². The Morgan fingerprint density at radius 2 is 1.82 bits per heavy atom. The molecule has 0 heterocycles. The van der Waals surface area contributed by atoms with Crippen LogP contribution in [0.5, 0.6) is 5.75 Å². The Labute approximate surface area is 130 Å². The standard InChI is InChI=1S/C18H21NO3/c1-14-7-5-6-10-17(14)22-13-18(21)19-12-11-16(20)15-8-3-2-4-9-15/h2-10,16,20H,11-13H2,1H3,(H,19,21)/t16-/m1/s1. The summed E-state index contributed by atoms with van der Waals surface area (Å²) in [5.41, 5.74) is 1.85. The van der Waals surface area contributed by atoms with Crippen molar-refractivity contribution in [2.75, 3.05) is 13.2 Å². The molecule has 116 valence electrons. The molecule has 0 bridgehead atoms. The first-order chi connectivity index (χ1) is 10.7. The molecule has 0 aromatic heterocycles. The topological polar surface area (TPSA) is 58.6 Å². The normalized spacial score (nSPS) is 11.7. The van der Waals surface area contributed by atoms with Crippen LogP contribution >= 0.6 is 0 Å². The van der Waals surface area contributed by atoms with Crippen LogP contribution in [0.1, 0.15) is 23.7 Å². The van der Waals surface area contributed by atoms with Gasteiger partial charge in [0.15, 0.2) is 6.61 Å². The average Bonchev–Trinajstić information content (AvgIpc) is 2.55. The Bertz CT molecular complexity index is 598. The number of para-hydroxylation sites is 1. The van der Waals surface area contributed by atoms with Crippen LogP contribution in [0, 0.1) is 6.92 Å². The molecule has 0 radical (unpaired) electrons. The summed E-state index contributed by atoms with van der Waals surface area (Å²) < 4.78 is 5.47. The van der Waals surface area contributed by atoms with E-state index in [-0.39, 0.29) is 12.5 Å². The molecule has 1 atom stereocenters. The van der Waals surface area contributed by atoms with E-state index in [0.717, 1.165) is 11.1 Å². The van der Waals surface area contributed by atoms with Gasteiger partial charge in [-0.1, -0.05) is 48.5 Å². The highest BCUT2D eigenvalue weighted by molar-refractivity contribution is 5.77. The van der Waals surface area contributed by atoms with Gasteiger partial charge in [0.2, 0.25) is 0 Å². The van der Waals surface area contributed by atoms with Crippen molar-refractivity contribution in [1.82, 2.24) is 5.32 Å². The summed E-state index contributed by atoms with van der Waals surface area (Å²) in [7, 11) is 0. The van der Waals surface area contributed by atoms with E-state index in [0.29, 0.717) is 18.7 Å². The van der Waals surface area contributed by atoms with Gasteiger partial charge in [0.25, 0.3) is 5.91 Å². The third-order valence-corrected chi connectivity index (χ3v) is 3.38. The minimum absolute atomic E-state index is 0.0215. The first kappa shape index (κ1) is 16.0. The Balaban J connectivity index is 1.69. The molecular weight excluding hydrogens is 278 g/mol. The van der Waals surface area contributed by atoms with Crippen LogP contribution in [0.2, 0.25) is 0 Å². The van der Waals surface area contributed by atoms with Crippen LogP contribution in [0.3, 0.4) is 0 Å². The number of carbonyl (C=O) groups is 1. The van der Waals surface area contributed by atoms with E-state index in [1.165, 1.54) is 0 Å². The molecule has 0 aliphatic carbocycles. The molecule has 0 aliphatic heterocycles.